The molecular weight excluding hydrogens is 364 g/mol. The lowest BCUT2D eigenvalue weighted by Gasteiger charge is -2.35. The van der Waals surface area contributed by atoms with Crippen molar-refractivity contribution in [2.24, 2.45) is 22.7 Å². The highest BCUT2D eigenvalue weighted by atomic mass is 16.3. The minimum atomic E-state index is 0.0812. The van der Waals surface area contributed by atoms with Crippen molar-refractivity contribution in [2.45, 2.75) is 70.9 Å². The smallest absolute Gasteiger partial charge is 0.225 e. The minimum absolute atomic E-state index is 0.0812. The summed E-state index contributed by atoms with van der Waals surface area (Å²) in [4.78, 5) is 19.1. The van der Waals surface area contributed by atoms with Crippen molar-refractivity contribution in [3.63, 3.8) is 0 Å². The first-order valence-electron chi connectivity index (χ1n) is 11.5. The second kappa shape index (κ2) is 9.23. The van der Waals surface area contributed by atoms with Crippen LogP contribution in [0.1, 0.15) is 58.1 Å². The van der Waals surface area contributed by atoms with Gasteiger partial charge in [-0.2, -0.15) is 0 Å². The molecule has 2 bridgehead atoms. The average Bonchev–Trinajstić information content (AvgIpc) is 3.46. The quantitative estimate of drug-likeness (QED) is 0.568. The molecule has 6 nitrogen and oxygen atoms in total. The zero-order chi connectivity index (χ0) is 20.2. The number of hydrogen-bond acceptors (Lipinski definition) is 3. The molecule has 2 saturated carbocycles. The third-order valence-corrected chi connectivity index (χ3v) is 6.91. The molecule has 2 N–H and O–H groups in total. The predicted molar refractivity (Wildman–Crippen MR) is 115 cm³/mol. The summed E-state index contributed by atoms with van der Waals surface area (Å²) in [5.41, 5.74) is 0. The number of amides is 1. The van der Waals surface area contributed by atoms with Crippen molar-refractivity contribution < 1.29 is 9.21 Å². The molecule has 0 spiro atoms. The van der Waals surface area contributed by atoms with Gasteiger partial charge in [0.25, 0.3) is 0 Å². The number of hydrogen-bond donors (Lipinski definition) is 2. The lowest BCUT2D eigenvalue weighted by molar-refractivity contribution is -0.135. The first-order valence-corrected chi connectivity index (χ1v) is 11.5. The summed E-state index contributed by atoms with van der Waals surface area (Å²) >= 11 is 0. The average molecular weight is 401 g/mol. The van der Waals surface area contributed by atoms with Crippen molar-refractivity contribution in [1.82, 2.24) is 15.5 Å². The van der Waals surface area contributed by atoms with Gasteiger partial charge in [0, 0.05) is 44.1 Å². The van der Waals surface area contributed by atoms with Crippen molar-refractivity contribution in [3.8, 4) is 0 Å². The van der Waals surface area contributed by atoms with E-state index >= 15 is 0 Å². The molecule has 2 heterocycles. The highest BCUT2D eigenvalue weighted by Crippen LogP contribution is 2.44. The maximum atomic E-state index is 12.2. The van der Waals surface area contributed by atoms with E-state index < -0.39 is 0 Å². The summed E-state index contributed by atoms with van der Waals surface area (Å²) in [5.74, 6) is 4.00. The van der Waals surface area contributed by atoms with Crippen molar-refractivity contribution >= 4 is 11.9 Å². The molecule has 4 rings (SSSR count). The lowest BCUT2D eigenvalue weighted by atomic mass is 9.95. The Kier molecular flexibility index (Phi) is 6.46. The SMILES string of the molecule is CC(C)C(=O)N1CCC(NC(=NCCc2ccco2)NC2CC3CCC2C3)CC1. The van der Waals surface area contributed by atoms with Gasteiger partial charge >= 0.3 is 0 Å². The standard InChI is InChI=1S/C23H36N4O2/c1-16(2)22(28)27-11-8-19(9-12-27)25-23(24-10-7-20-4-3-13-29-20)26-21-15-17-5-6-18(21)14-17/h3-4,13,16-19,21H,5-12,14-15H2,1-2H3,(H2,24,25,26). The molecule has 1 saturated heterocycles. The van der Waals surface area contributed by atoms with Crippen LogP contribution in [0.15, 0.2) is 27.8 Å². The Morgan fingerprint density at radius 1 is 1.21 bits per heavy atom. The number of likely N-dealkylation sites (tertiary alicyclic amines) is 1. The maximum Gasteiger partial charge on any atom is 0.225 e. The van der Waals surface area contributed by atoms with Gasteiger partial charge in [-0.15, -0.1) is 0 Å². The van der Waals surface area contributed by atoms with E-state index in [1.807, 2.05) is 30.9 Å². The van der Waals surface area contributed by atoms with Crippen LogP contribution in [0.25, 0.3) is 0 Å². The molecule has 160 valence electrons. The summed E-state index contributed by atoms with van der Waals surface area (Å²) in [5, 5.41) is 7.44. The number of nitrogens with one attached hydrogen (secondary N) is 2. The zero-order valence-corrected chi connectivity index (χ0v) is 17.9. The fourth-order valence-electron chi connectivity index (χ4n) is 5.27. The predicted octanol–water partition coefficient (Wildman–Crippen LogP) is 3.19. The van der Waals surface area contributed by atoms with Crippen LogP contribution in [0, 0.1) is 17.8 Å². The maximum absolute atomic E-state index is 12.2. The van der Waals surface area contributed by atoms with E-state index in [1.54, 1.807) is 6.26 Å². The fourth-order valence-corrected chi connectivity index (χ4v) is 5.27. The van der Waals surface area contributed by atoms with Crippen LogP contribution in [0.2, 0.25) is 0 Å². The Morgan fingerprint density at radius 2 is 2.03 bits per heavy atom. The van der Waals surface area contributed by atoms with Gasteiger partial charge in [0.15, 0.2) is 5.96 Å². The van der Waals surface area contributed by atoms with Gasteiger partial charge in [-0.05, 0) is 56.1 Å². The molecule has 0 aromatic carbocycles. The van der Waals surface area contributed by atoms with E-state index in [2.05, 4.69) is 10.6 Å². The van der Waals surface area contributed by atoms with Crippen LogP contribution in [-0.2, 0) is 11.2 Å². The first kappa shape index (κ1) is 20.3. The Morgan fingerprint density at radius 3 is 2.66 bits per heavy atom. The Hall–Kier alpha value is -1.98. The Balaban J connectivity index is 1.33. The van der Waals surface area contributed by atoms with Crippen molar-refractivity contribution in [3.05, 3.63) is 24.2 Å². The lowest BCUT2D eigenvalue weighted by Crippen LogP contribution is -2.52. The number of fused-ring (bicyclic) bond motifs is 2. The molecule has 3 unspecified atom stereocenters. The second-order valence-corrected chi connectivity index (χ2v) is 9.38. The van der Waals surface area contributed by atoms with E-state index in [9.17, 15) is 4.79 Å². The number of piperidine rings is 1. The summed E-state index contributed by atoms with van der Waals surface area (Å²) in [7, 11) is 0. The monoisotopic (exact) mass is 400 g/mol. The molecule has 29 heavy (non-hydrogen) atoms. The number of guanidine groups is 1. The molecule has 3 atom stereocenters. The number of carbonyl (C=O) groups excluding carboxylic acids is 1. The molecule has 3 aliphatic rings. The van der Waals surface area contributed by atoms with Crippen LogP contribution in [0.3, 0.4) is 0 Å². The highest BCUT2D eigenvalue weighted by Gasteiger charge is 2.40. The summed E-state index contributed by atoms with van der Waals surface area (Å²) < 4.78 is 5.44. The molecule has 2 aliphatic carbocycles. The largest absolute Gasteiger partial charge is 0.469 e. The van der Waals surface area contributed by atoms with E-state index in [1.165, 1.54) is 25.7 Å². The van der Waals surface area contributed by atoms with Gasteiger partial charge in [0.2, 0.25) is 5.91 Å². The minimum Gasteiger partial charge on any atom is -0.469 e. The summed E-state index contributed by atoms with van der Waals surface area (Å²) in [6.07, 6.45) is 9.93. The topological polar surface area (TPSA) is 69.9 Å². The third-order valence-electron chi connectivity index (χ3n) is 6.91. The Labute approximate surface area is 174 Å². The van der Waals surface area contributed by atoms with Crippen molar-refractivity contribution in [2.75, 3.05) is 19.6 Å². The molecule has 1 aromatic heterocycles. The van der Waals surface area contributed by atoms with E-state index in [4.69, 9.17) is 9.41 Å². The fraction of sp³-hybridized carbons (Fsp3) is 0.739. The van der Waals surface area contributed by atoms with Crippen LogP contribution in [-0.4, -0.2) is 48.5 Å². The van der Waals surface area contributed by atoms with Gasteiger partial charge in [-0.25, -0.2) is 0 Å². The molecule has 0 radical (unpaired) electrons. The molecule has 3 fully saturated rings. The molecule has 1 aliphatic heterocycles. The van der Waals surface area contributed by atoms with Gasteiger partial charge in [-0.3, -0.25) is 9.79 Å². The van der Waals surface area contributed by atoms with Gasteiger partial charge < -0.3 is 20.0 Å². The van der Waals surface area contributed by atoms with Crippen LogP contribution in [0.4, 0.5) is 0 Å². The first-order chi connectivity index (χ1) is 14.1. The van der Waals surface area contributed by atoms with E-state index in [0.717, 1.165) is 55.9 Å². The zero-order valence-electron chi connectivity index (χ0n) is 17.9. The van der Waals surface area contributed by atoms with Gasteiger partial charge in [-0.1, -0.05) is 20.3 Å². The molecular formula is C23H36N4O2. The van der Waals surface area contributed by atoms with E-state index in [-0.39, 0.29) is 11.8 Å². The molecule has 1 amide bonds. The second-order valence-electron chi connectivity index (χ2n) is 9.38. The van der Waals surface area contributed by atoms with Crippen LogP contribution >= 0.6 is 0 Å². The normalized spacial score (nSPS) is 27.6. The third kappa shape index (κ3) is 5.14. The van der Waals surface area contributed by atoms with Gasteiger partial charge in [0.05, 0.1) is 6.26 Å². The molecule has 6 heteroatoms. The highest BCUT2D eigenvalue weighted by molar-refractivity contribution is 5.81. The number of aliphatic imine (C=N–C) groups is 1. The number of nitrogens with zero attached hydrogens (tertiary/aromatic N) is 2. The van der Waals surface area contributed by atoms with Crippen molar-refractivity contribution in [1.29, 1.82) is 0 Å². The summed E-state index contributed by atoms with van der Waals surface area (Å²) in [6.45, 7) is 6.35. The van der Waals surface area contributed by atoms with E-state index in [0.29, 0.717) is 18.6 Å². The summed E-state index contributed by atoms with van der Waals surface area (Å²) in [6, 6.07) is 4.87. The van der Waals surface area contributed by atoms with Gasteiger partial charge in [0.1, 0.15) is 5.76 Å². The molecule has 1 aromatic rings. The number of carbonyl (C=O) groups is 1. The van der Waals surface area contributed by atoms with Crippen LogP contribution < -0.4 is 10.6 Å². The number of furan rings is 1. The Bertz CT molecular complexity index is 692. The van der Waals surface area contributed by atoms with Crippen LogP contribution in [0.5, 0.6) is 0 Å². The number of rotatable bonds is 6.